The Kier molecular flexibility index (Phi) is 11.1. The van der Waals surface area contributed by atoms with Crippen LogP contribution in [-0.2, 0) is 19.6 Å². The molecule has 0 fully saturated rings. The summed E-state index contributed by atoms with van der Waals surface area (Å²) in [4.78, 5) is 23.2. The van der Waals surface area contributed by atoms with Crippen molar-refractivity contribution in [1.29, 1.82) is 0 Å². The van der Waals surface area contributed by atoms with Crippen LogP contribution in [0, 0.1) is 11.8 Å². The largest absolute Gasteiger partial charge is 0.462 e. The van der Waals surface area contributed by atoms with Crippen molar-refractivity contribution in [2.24, 2.45) is 11.8 Å². The Bertz CT molecular complexity index is 711. The van der Waals surface area contributed by atoms with Crippen molar-refractivity contribution in [3.63, 3.8) is 0 Å². The maximum atomic E-state index is 12.0. The Morgan fingerprint density at radius 3 is 1.92 bits per heavy atom. The van der Waals surface area contributed by atoms with Crippen LogP contribution in [0.2, 0.25) is 0 Å². The van der Waals surface area contributed by atoms with Gasteiger partial charge in [-0.2, -0.15) is 8.42 Å². The SMILES string of the molecule is CC(C)COC(=O)c1ccc(C(=O)OCC(C)C)c(S(=O)(=O)O)c1.[Cs]. The Labute approximate surface area is 207 Å². The van der Waals surface area contributed by atoms with Gasteiger partial charge in [0.15, 0.2) is 0 Å². The summed E-state index contributed by atoms with van der Waals surface area (Å²) in [6, 6.07) is 3.28. The second-order valence-electron chi connectivity index (χ2n) is 6.17. The zero-order chi connectivity index (χ0) is 18.5. The Morgan fingerprint density at radius 2 is 1.48 bits per heavy atom. The van der Waals surface area contributed by atoms with E-state index in [0.29, 0.717) is 0 Å². The van der Waals surface area contributed by atoms with Gasteiger partial charge in [-0.05, 0) is 30.0 Å². The molecular weight excluding hydrogens is 469 g/mol. The van der Waals surface area contributed by atoms with Gasteiger partial charge < -0.3 is 9.47 Å². The minimum Gasteiger partial charge on any atom is -0.462 e. The molecule has 1 rings (SSSR count). The Balaban J connectivity index is 0.00000576. The van der Waals surface area contributed by atoms with Gasteiger partial charge >= 0.3 is 11.9 Å². The summed E-state index contributed by atoms with van der Waals surface area (Å²) in [7, 11) is -4.71. The summed E-state index contributed by atoms with van der Waals surface area (Å²) in [5.74, 6) is -1.46. The number of esters is 2. The van der Waals surface area contributed by atoms with E-state index in [1.807, 2.05) is 27.7 Å². The monoisotopic (exact) mass is 491 g/mol. The summed E-state index contributed by atoms with van der Waals surface area (Å²) in [6.45, 7) is 7.62. The summed E-state index contributed by atoms with van der Waals surface area (Å²) in [5.41, 5.74) is -0.415. The molecule has 0 aliphatic rings. The molecule has 0 atom stereocenters. The van der Waals surface area contributed by atoms with Crippen LogP contribution in [0.4, 0.5) is 0 Å². The maximum absolute atomic E-state index is 12.0. The summed E-state index contributed by atoms with van der Waals surface area (Å²) in [5, 5.41) is 0. The van der Waals surface area contributed by atoms with Crippen molar-refractivity contribution in [2.45, 2.75) is 32.6 Å². The number of hydrogen-bond acceptors (Lipinski definition) is 6. The van der Waals surface area contributed by atoms with Crippen LogP contribution in [-0.4, -0.2) is 107 Å². The van der Waals surface area contributed by atoms with Crippen LogP contribution in [0.1, 0.15) is 48.4 Å². The molecule has 0 aliphatic carbocycles. The second-order valence-corrected chi connectivity index (χ2v) is 7.56. The third kappa shape index (κ3) is 8.57. The molecule has 0 unspecified atom stereocenters. The zero-order valence-corrected chi connectivity index (χ0v) is 22.2. The van der Waals surface area contributed by atoms with Gasteiger partial charge in [-0.3, -0.25) is 4.55 Å². The van der Waals surface area contributed by atoms with Gasteiger partial charge in [-0.1, -0.05) is 27.7 Å². The van der Waals surface area contributed by atoms with Crippen molar-refractivity contribution < 1.29 is 32.0 Å². The fourth-order valence-corrected chi connectivity index (χ4v) is 2.38. The predicted octanol–water partition coefficient (Wildman–Crippen LogP) is 2.18. The van der Waals surface area contributed by atoms with E-state index >= 15 is 0 Å². The number of ether oxygens (including phenoxy) is 2. The molecule has 7 nitrogen and oxygen atoms in total. The molecule has 1 aromatic carbocycles. The van der Waals surface area contributed by atoms with Crippen LogP contribution < -0.4 is 0 Å². The molecular formula is C16H22CsO7S. The van der Waals surface area contributed by atoms with E-state index in [9.17, 15) is 22.6 Å². The first kappa shape index (κ1) is 25.1. The van der Waals surface area contributed by atoms with Crippen LogP contribution in [0.3, 0.4) is 0 Å². The fourth-order valence-electron chi connectivity index (χ4n) is 1.68. The van der Waals surface area contributed by atoms with Crippen LogP contribution in [0.15, 0.2) is 23.1 Å². The number of hydrogen-bond donors (Lipinski definition) is 1. The zero-order valence-electron chi connectivity index (χ0n) is 15.1. The van der Waals surface area contributed by atoms with E-state index in [-0.39, 0.29) is 105 Å². The second kappa shape index (κ2) is 11.1. The minimum absolute atomic E-state index is 0. The van der Waals surface area contributed by atoms with Crippen LogP contribution in [0.5, 0.6) is 0 Å². The fraction of sp³-hybridized carbons (Fsp3) is 0.500. The van der Waals surface area contributed by atoms with Crippen molar-refractivity contribution in [2.75, 3.05) is 13.2 Å². The molecule has 0 saturated heterocycles. The molecule has 0 aromatic heterocycles. The number of carbonyl (C=O) groups is 2. The van der Waals surface area contributed by atoms with Gasteiger partial charge in [0.2, 0.25) is 0 Å². The van der Waals surface area contributed by atoms with E-state index < -0.39 is 27.0 Å². The molecule has 0 amide bonds. The van der Waals surface area contributed by atoms with E-state index in [4.69, 9.17) is 9.47 Å². The first-order chi connectivity index (χ1) is 11.0. The van der Waals surface area contributed by atoms with Crippen molar-refractivity contribution in [3.05, 3.63) is 29.3 Å². The summed E-state index contributed by atoms with van der Waals surface area (Å²) >= 11 is 0. The molecule has 0 heterocycles. The summed E-state index contributed by atoms with van der Waals surface area (Å²) < 4.78 is 42.4. The van der Waals surface area contributed by atoms with Gasteiger partial charge in [0.05, 0.1) is 24.3 Å². The molecule has 0 bridgehead atoms. The van der Waals surface area contributed by atoms with Gasteiger partial charge in [-0.25, -0.2) is 9.59 Å². The van der Waals surface area contributed by atoms with E-state index in [1.54, 1.807) is 0 Å². The van der Waals surface area contributed by atoms with Crippen LogP contribution in [0.25, 0.3) is 0 Å². The smallest absolute Gasteiger partial charge is 0.339 e. The van der Waals surface area contributed by atoms with Gasteiger partial charge in [0.25, 0.3) is 10.1 Å². The first-order valence-corrected chi connectivity index (χ1v) is 8.92. The minimum atomic E-state index is -4.71. The van der Waals surface area contributed by atoms with Crippen molar-refractivity contribution in [1.82, 2.24) is 0 Å². The third-order valence-electron chi connectivity index (χ3n) is 2.81. The number of benzene rings is 1. The number of rotatable bonds is 7. The van der Waals surface area contributed by atoms with Crippen molar-refractivity contribution in [3.8, 4) is 0 Å². The molecule has 1 N–H and O–H groups in total. The van der Waals surface area contributed by atoms with Gasteiger partial charge in [0.1, 0.15) is 4.90 Å². The summed E-state index contributed by atoms with van der Waals surface area (Å²) in [6.07, 6.45) is 0. The molecule has 1 radical (unpaired) electrons. The van der Waals surface area contributed by atoms with E-state index in [0.717, 1.165) is 12.1 Å². The average Bonchev–Trinajstić information content (AvgIpc) is 2.48. The average molecular weight is 491 g/mol. The number of carbonyl (C=O) groups excluding carboxylic acids is 2. The Morgan fingerprint density at radius 1 is 1.00 bits per heavy atom. The molecule has 0 saturated carbocycles. The predicted molar refractivity (Wildman–Crippen MR) is 92.3 cm³/mol. The van der Waals surface area contributed by atoms with E-state index in [2.05, 4.69) is 0 Å². The van der Waals surface area contributed by atoms with E-state index in [1.165, 1.54) is 6.07 Å². The molecule has 0 aliphatic heterocycles. The van der Waals surface area contributed by atoms with Gasteiger partial charge in [-0.15, -0.1) is 0 Å². The molecule has 0 spiro atoms. The maximum Gasteiger partial charge on any atom is 0.339 e. The van der Waals surface area contributed by atoms with Gasteiger partial charge in [0, 0.05) is 68.9 Å². The van der Waals surface area contributed by atoms with Crippen LogP contribution >= 0.6 is 0 Å². The normalized spacial score (nSPS) is 11.2. The van der Waals surface area contributed by atoms with Crippen molar-refractivity contribution >= 4 is 91.0 Å². The molecule has 25 heavy (non-hydrogen) atoms. The standard InChI is InChI=1S/C16H22O7S.Cs/c1-10(2)8-22-15(17)12-5-6-13(14(7-12)24(19,20)21)16(18)23-9-11(3)4;/h5-7,10-11H,8-9H2,1-4H3,(H,19,20,21);. The molecule has 1 aromatic rings. The third-order valence-corrected chi connectivity index (χ3v) is 3.70. The molecule has 9 heteroatoms. The quantitative estimate of drug-likeness (QED) is 0.460. The molecule has 135 valence electrons. The first-order valence-electron chi connectivity index (χ1n) is 7.48. The topological polar surface area (TPSA) is 107 Å². The Hall–Kier alpha value is 0.122.